The Bertz CT molecular complexity index is 466. The van der Waals surface area contributed by atoms with Crippen molar-refractivity contribution in [3.63, 3.8) is 0 Å². The lowest BCUT2D eigenvalue weighted by Gasteiger charge is -2.03. The van der Waals surface area contributed by atoms with Gasteiger partial charge in [0.25, 0.3) is 5.69 Å². The van der Waals surface area contributed by atoms with Crippen LogP contribution in [0, 0.1) is 10.1 Å². The number of amides is 1. The van der Waals surface area contributed by atoms with Gasteiger partial charge < -0.3 is 10.4 Å². The average Bonchev–Trinajstić information content (AvgIpc) is 2.36. The first-order chi connectivity index (χ1) is 8.99. The maximum absolute atomic E-state index is 11.4. The molecule has 0 aliphatic rings. The largest absolute Gasteiger partial charge is 0.393 e. The van der Waals surface area contributed by atoms with Gasteiger partial charge >= 0.3 is 0 Å². The monoisotopic (exact) mass is 264 g/mol. The Hall–Kier alpha value is -2.21. The van der Waals surface area contributed by atoms with E-state index in [1.165, 1.54) is 18.2 Å². The van der Waals surface area contributed by atoms with Gasteiger partial charge in [-0.15, -0.1) is 0 Å². The van der Waals surface area contributed by atoms with Crippen LogP contribution in [0.15, 0.2) is 30.3 Å². The van der Waals surface area contributed by atoms with Gasteiger partial charge in [-0.25, -0.2) is 0 Å². The van der Waals surface area contributed by atoms with Crippen molar-refractivity contribution in [2.45, 2.75) is 19.4 Å². The van der Waals surface area contributed by atoms with E-state index in [1.54, 1.807) is 25.1 Å². The number of rotatable bonds is 6. The Morgan fingerprint density at radius 2 is 2.11 bits per heavy atom. The van der Waals surface area contributed by atoms with Crippen LogP contribution in [0.25, 0.3) is 6.08 Å². The third-order valence-electron chi connectivity index (χ3n) is 2.39. The predicted octanol–water partition coefficient (Wildman–Crippen LogP) is 1.50. The van der Waals surface area contributed by atoms with E-state index >= 15 is 0 Å². The summed E-state index contributed by atoms with van der Waals surface area (Å²) in [7, 11) is 0. The second-order valence-electron chi connectivity index (χ2n) is 4.11. The number of hydrogen-bond acceptors (Lipinski definition) is 4. The Balaban J connectivity index is 2.47. The van der Waals surface area contributed by atoms with Gasteiger partial charge in [-0.3, -0.25) is 14.9 Å². The first-order valence-electron chi connectivity index (χ1n) is 5.87. The number of carbonyl (C=O) groups is 1. The zero-order valence-corrected chi connectivity index (χ0v) is 10.6. The molecule has 0 saturated heterocycles. The SMILES string of the molecule is CC(O)CCNC(=O)C=Cc1ccc([N+](=O)[O-])cc1. The highest BCUT2D eigenvalue weighted by atomic mass is 16.6. The molecule has 0 aromatic heterocycles. The molecule has 1 aromatic carbocycles. The van der Waals surface area contributed by atoms with Crippen molar-refractivity contribution in [3.8, 4) is 0 Å². The van der Waals surface area contributed by atoms with Crippen LogP contribution in [0.2, 0.25) is 0 Å². The molecular weight excluding hydrogens is 248 g/mol. The fraction of sp³-hybridized carbons (Fsp3) is 0.308. The molecule has 19 heavy (non-hydrogen) atoms. The summed E-state index contributed by atoms with van der Waals surface area (Å²) in [5.41, 5.74) is 0.717. The maximum Gasteiger partial charge on any atom is 0.269 e. The van der Waals surface area contributed by atoms with Crippen LogP contribution in [0.3, 0.4) is 0 Å². The Morgan fingerprint density at radius 1 is 1.47 bits per heavy atom. The fourth-order valence-electron chi connectivity index (χ4n) is 1.34. The minimum absolute atomic E-state index is 0.0125. The van der Waals surface area contributed by atoms with Crippen LogP contribution in [0.4, 0.5) is 5.69 Å². The molecule has 0 bridgehead atoms. The standard InChI is InChI=1S/C13H16N2O4/c1-10(16)8-9-14-13(17)7-4-11-2-5-12(6-3-11)15(18)19/h2-7,10,16H,8-9H2,1H3,(H,14,17). The number of nitrogens with zero attached hydrogens (tertiary/aromatic N) is 1. The van der Waals surface area contributed by atoms with E-state index < -0.39 is 11.0 Å². The summed E-state index contributed by atoms with van der Waals surface area (Å²) < 4.78 is 0. The summed E-state index contributed by atoms with van der Waals surface area (Å²) >= 11 is 0. The molecule has 0 fully saturated rings. The molecule has 1 atom stereocenters. The van der Waals surface area contributed by atoms with Crippen molar-refractivity contribution in [2.24, 2.45) is 0 Å². The number of nitro groups is 1. The van der Waals surface area contributed by atoms with Crippen LogP contribution in [-0.4, -0.2) is 28.6 Å². The van der Waals surface area contributed by atoms with Crippen LogP contribution in [0.1, 0.15) is 18.9 Å². The first-order valence-corrected chi connectivity index (χ1v) is 5.87. The highest BCUT2D eigenvalue weighted by molar-refractivity contribution is 5.91. The van der Waals surface area contributed by atoms with Crippen molar-refractivity contribution in [3.05, 3.63) is 46.0 Å². The zero-order chi connectivity index (χ0) is 14.3. The normalized spacial score (nSPS) is 12.3. The van der Waals surface area contributed by atoms with Crippen molar-refractivity contribution in [2.75, 3.05) is 6.54 Å². The molecule has 1 unspecified atom stereocenters. The summed E-state index contributed by atoms with van der Waals surface area (Å²) in [5.74, 6) is -0.265. The Kier molecular flexibility index (Phi) is 5.69. The summed E-state index contributed by atoms with van der Waals surface area (Å²) in [5, 5.41) is 22.1. The van der Waals surface area contributed by atoms with Gasteiger partial charge in [0.2, 0.25) is 5.91 Å². The number of nitrogens with one attached hydrogen (secondary N) is 1. The van der Waals surface area contributed by atoms with Crippen molar-refractivity contribution < 1.29 is 14.8 Å². The predicted molar refractivity (Wildman–Crippen MR) is 71.4 cm³/mol. The number of non-ortho nitro benzene ring substituents is 1. The Labute approximate surface area is 110 Å². The smallest absolute Gasteiger partial charge is 0.269 e. The molecule has 6 nitrogen and oxygen atoms in total. The number of nitro benzene ring substituents is 1. The van der Waals surface area contributed by atoms with Crippen LogP contribution in [0.5, 0.6) is 0 Å². The van der Waals surface area contributed by atoms with E-state index in [0.717, 1.165) is 0 Å². The topological polar surface area (TPSA) is 92.5 Å². The second kappa shape index (κ2) is 7.27. The number of aliphatic hydroxyl groups is 1. The fourth-order valence-corrected chi connectivity index (χ4v) is 1.34. The summed E-state index contributed by atoms with van der Waals surface area (Å²) in [6, 6.07) is 5.89. The number of carbonyl (C=O) groups excluding carboxylic acids is 1. The number of benzene rings is 1. The molecule has 1 aromatic rings. The molecule has 0 heterocycles. The lowest BCUT2D eigenvalue weighted by Crippen LogP contribution is -2.24. The van der Waals surface area contributed by atoms with Gasteiger partial charge in [0.15, 0.2) is 0 Å². The molecule has 0 saturated carbocycles. The molecule has 0 aliphatic heterocycles. The molecular formula is C13H16N2O4. The summed E-state index contributed by atoms with van der Waals surface area (Å²) in [6.45, 7) is 2.06. The molecule has 2 N–H and O–H groups in total. The molecule has 102 valence electrons. The highest BCUT2D eigenvalue weighted by Crippen LogP contribution is 2.12. The van der Waals surface area contributed by atoms with Gasteiger partial charge in [0.1, 0.15) is 0 Å². The molecule has 0 radical (unpaired) electrons. The van der Waals surface area contributed by atoms with Gasteiger partial charge in [-0.05, 0) is 37.1 Å². The first kappa shape index (κ1) is 14.8. The summed E-state index contributed by atoms with van der Waals surface area (Å²) in [4.78, 5) is 21.4. The van der Waals surface area contributed by atoms with Crippen molar-refractivity contribution in [1.29, 1.82) is 0 Å². The number of aliphatic hydroxyl groups excluding tert-OH is 1. The van der Waals surface area contributed by atoms with E-state index in [0.29, 0.717) is 18.5 Å². The van der Waals surface area contributed by atoms with Crippen LogP contribution >= 0.6 is 0 Å². The molecule has 0 aliphatic carbocycles. The van der Waals surface area contributed by atoms with E-state index in [4.69, 9.17) is 5.11 Å². The van der Waals surface area contributed by atoms with E-state index in [9.17, 15) is 14.9 Å². The van der Waals surface area contributed by atoms with Crippen molar-refractivity contribution >= 4 is 17.7 Å². The van der Waals surface area contributed by atoms with Crippen molar-refractivity contribution in [1.82, 2.24) is 5.32 Å². The van der Waals surface area contributed by atoms with E-state index in [1.807, 2.05) is 0 Å². The van der Waals surface area contributed by atoms with Gasteiger partial charge in [-0.1, -0.05) is 0 Å². The lowest BCUT2D eigenvalue weighted by molar-refractivity contribution is -0.384. The quantitative estimate of drug-likeness (QED) is 0.462. The van der Waals surface area contributed by atoms with E-state index in [-0.39, 0.29) is 11.6 Å². The van der Waals surface area contributed by atoms with Crippen LogP contribution in [-0.2, 0) is 4.79 Å². The minimum atomic E-state index is -0.476. The average molecular weight is 264 g/mol. The Morgan fingerprint density at radius 3 is 2.63 bits per heavy atom. The zero-order valence-electron chi connectivity index (χ0n) is 10.6. The summed E-state index contributed by atoms with van der Waals surface area (Å²) in [6.07, 6.45) is 2.97. The van der Waals surface area contributed by atoms with Gasteiger partial charge in [-0.2, -0.15) is 0 Å². The maximum atomic E-state index is 11.4. The lowest BCUT2D eigenvalue weighted by atomic mass is 10.2. The van der Waals surface area contributed by atoms with Crippen LogP contribution < -0.4 is 5.32 Å². The van der Waals surface area contributed by atoms with Gasteiger partial charge in [0, 0.05) is 24.8 Å². The van der Waals surface area contributed by atoms with E-state index in [2.05, 4.69) is 5.32 Å². The second-order valence-corrected chi connectivity index (χ2v) is 4.11. The molecule has 1 amide bonds. The molecule has 6 heteroatoms. The molecule has 1 rings (SSSR count). The third-order valence-corrected chi connectivity index (χ3v) is 2.39. The van der Waals surface area contributed by atoms with Gasteiger partial charge in [0.05, 0.1) is 11.0 Å². The minimum Gasteiger partial charge on any atom is -0.393 e. The number of hydrogen-bond donors (Lipinski definition) is 2. The highest BCUT2D eigenvalue weighted by Gasteiger charge is 2.02. The third kappa shape index (κ3) is 5.78. The molecule has 0 spiro atoms.